The number of thiophene rings is 1. The highest BCUT2D eigenvalue weighted by Crippen LogP contribution is 2.46. The van der Waals surface area contributed by atoms with E-state index in [1.807, 2.05) is 6.07 Å². The predicted molar refractivity (Wildman–Crippen MR) is 181 cm³/mol. The summed E-state index contributed by atoms with van der Waals surface area (Å²) in [6.45, 7) is 1.55. The van der Waals surface area contributed by atoms with Gasteiger partial charge >= 0.3 is 16.2 Å². The van der Waals surface area contributed by atoms with Gasteiger partial charge in [0.15, 0.2) is 5.82 Å². The number of hydrogen-bond donors (Lipinski definition) is 1. The Hall–Kier alpha value is -4.28. The predicted octanol–water partition coefficient (Wildman–Crippen LogP) is 4.36. The summed E-state index contributed by atoms with van der Waals surface area (Å²) in [5.74, 6) is -1.23. The summed E-state index contributed by atoms with van der Waals surface area (Å²) in [4.78, 5) is 13.0. The van der Waals surface area contributed by atoms with Crippen molar-refractivity contribution in [2.24, 2.45) is 0 Å². The number of hydrogen-bond acceptors (Lipinski definition) is 12. The summed E-state index contributed by atoms with van der Waals surface area (Å²) in [6, 6.07) is 5.84. The summed E-state index contributed by atoms with van der Waals surface area (Å²) >= 11 is 7.68. The minimum atomic E-state index is -4.01. The van der Waals surface area contributed by atoms with Crippen LogP contribution in [0, 0.1) is 23.0 Å². The van der Waals surface area contributed by atoms with E-state index in [1.165, 1.54) is 28.8 Å². The van der Waals surface area contributed by atoms with Gasteiger partial charge < -0.3 is 15.4 Å². The molecule has 3 aliphatic rings. The van der Waals surface area contributed by atoms with Crippen LogP contribution >= 0.6 is 22.9 Å². The van der Waals surface area contributed by atoms with E-state index in [9.17, 15) is 22.5 Å². The van der Waals surface area contributed by atoms with Gasteiger partial charge in [0.25, 0.3) is 0 Å². The van der Waals surface area contributed by atoms with Crippen molar-refractivity contribution in [3.05, 3.63) is 52.8 Å². The smallest absolute Gasteiger partial charge is 0.339 e. The van der Waals surface area contributed by atoms with E-state index in [0.717, 1.165) is 36.8 Å². The van der Waals surface area contributed by atoms with Crippen LogP contribution in [0.4, 0.5) is 24.0 Å². The maximum atomic E-state index is 17.0. The van der Waals surface area contributed by atoms with E-state index < -0.39 is 33.6 Å². The molecule has 260 valence electrons. The molecule has 6 heterocycles. The third kappa shape index (κ3) is 5.21. The van der Waals surface area contributed by atoms with Crippen molar-refractivity contribution in [3.63, 3.8) is 0 Å². The molecule has 50 heavy (non-hydrogen) atoms. The first-order valence-corrected chi connectivity index (χ1v) is 18.3. The first-order valence-electron chi connectivity index (χ1n) is 15.8. The zero-order valence-corrected chi connectivity index (χ0v) is 28.6. The Morgan fingerprint density at radius 2 is 1.90 bits per heavy atom. The lowest BCUT2D eigenvalue weighted by atomic mass is 9.95. The number of piperazine rings is 1. The van der Waals surface area contributed by atoms with Crippen LogP contribution in [0.3, 0.4) is 0 Å². The van der Waals surface area contributed by atoms with Gasteiger partial charge in [0, 0.05) is 55.5 Å². The molecule has 5 aromatic rings. The number of aromatic nitrogens is 5. The Labute approximate surface area is 292 Å². The Bertz CT molecular complexity index is 2310. The maximum Gasteiger partial charge on any atom is 0.339 e. The summed E-state index contributed by atoms with van der Waals surface area (Å²) in [6.07, 6.45) is 3.47. The van der Waals surface area contributed by atoms with Crippen LogP contribution in [-0.2, 0) is 10.2 Å². The standard InChI is InChI=1S/C31H28ClF3N10O3S2/c32-21-12-19-26(25(35)24(21)18-2-3-22(34)27-23(18)20(14-36)28(37)49-27)40-30(48-16-31-4-1-7-43(31)15-17(33)13-31)41-29(19)42-8-10-44(11-9-42)50(46,47)45-38-5-6-39-45/h2-3,5-6,12,17H,1,4,7-11,13,15-16,37H2/t17-,31+/m1/s1. The first kappa shape index (κ1) is 32.9. The van der Waals surface area contributed by atoms with Crippen LogP contribution in [0.15, 0.2) is 30.6 Å². The average Bonchev–Trinajstić information content (AvgIpc) is 3.89. The number of ether oxygens (including phenoxy) is 1. The zero-order valence-electron chi connectivity index (χ0n) is 26.2. The third-order valence-corrected chi connectivity index (χ3v) is 12.7. The number of nitrogens with two attached hydrogens (primary N) is 1. The van der Waals surface area contributed by atoms with E-state index in [4.69, 9.17) is 22.1 Å². The van der Waals surface area contributed by atoms with E-state index in [1.54, 1.807) is 4.90 Å². The van der Waals surface area contributed by atoms with Crippen molar-refractivity contribution in [2.75, 3.05) is 56.5 Å². The second-order valence-corrected chi connectivity index (χ2v) is 15.7. The average molecular weight is 745 g/mol. The van der Waals surface area contributed by atoms with Gasteiger partial charge in [-0.3, -0.25) is 4.90 Å². The number of rotatable bonds is 7. The molecule has 0 spiro atoms. The van der Waals surface area contributed by atoms with Crippen molar-refractivity contribution in [1.29, 1.82) is 5.26 Å². The molecule has 3 aromatic heterocycles. The molecule has 0 unspecified atom stereocenters. The van der Waals surface area contributed by atoms with Gasteiger partial charge in [-0.05, 0) is 37.1 Å². The van der Waals surface area contributed by atoms with Gasteiger partial charge in [-0.2, -0.15) is 28.0 Å². The molecule has 8 rings (SSSR count). The number of anilines is 2. The molecule has 0 amide bonds. The number of benzene rings is 2. The summed E-state index contributed by atoms with van der Waals surface area (Å²) < 4.78 is 80.6. The Balaban J connectivity index is 1.23. The highest BCUT2D eigenvalue weighted by atomic mass is 35.5. The lowest BCUT2D eigenvalue weighted by molar-refractivity contribution is 0.107. The number of fused-ring (bicyclic) bond motifs is 3. The second kappa shape index (κ2) is 12.2. The van der Waals surface area contributed by atoms with Crippen molar-refractivity contribution in [1.82, 2.24) is 33.6 Å². The minimum Gasteiger partial charge on any atom is -0.461 e. The van der Waals surface area contributed by atoms with Gasteiger partial charge in [-0.1, -0.05) is 21.9 Å². The molecule has 13 nitrogen and oxygen atoms in total. The van der Waals surface area contributed by atoms with Crippen molar-refractivity contribution in [3.8, 4) is 23.2 Å². The van der Waals surface area contributed by atoms with Crippen LogP contribution in [-0.4, -0.2) is 99.6 Å². The Morgan fingerprint density at radius 3 is 2.64 bits per heavy atom. The van der Waals surface area contributed by atoms with Crippen molar-refractivity contribution < 1.29 is 26.3 Å². The maximum absolute atomic E-state index is 17.0. The fourth-order valence-electron chi connectivity index (χ4n) is 7.43. The molecule has 2 atom stereocenters. The SMILES string of the molecule is N#Cc1c(N)sc2c(F)ccc(-c3c(Cl)cc4c(N5CCN(S(=O)(=O)n6nccn6)CC5)nc(OC[C@@]56CCCN5C[C@H](F)C6)nc4c3F)c12. The largest absolute Gasteiger partial charge is 0.461 e. The molecule has 2 N–H and O–H groups in total. The molecule has 3 fully saturated rings. The first-order chi connectivity index (χ1) is 24.0. The molecule has 0 bridgehead atoms. The van der Waals surface area contributed by atoms with Crippen molar-refractivity contribution >= 4 is 65.0 Å². The number of nitriles is 1. The molecular formula is C31H28ClF3N10O3S2. The number of halogens is 4. The van der Waals surface area contributed by atoms with Gasteiger partial charge in [0.05, 0.1) is 33.2 Å². The van der Waals surface area contributed by atoms with E-state index >= 15 is 4.39 Å². The molecule has 0 radical (unpaired) electrons. The lowest BCUT2D eigenvalue weighted by Gasteiger charge is -2.35. The highest BCUT2D eigenvalue weighted by molar-refractivity contribution is 7.87. The third-order valence-electron chi connectivity index (χ3n) is 9.74. The van der Waals surface area contributed by atoms with Crippen LogP contribution < -0.4 is 15.4 Å². The number of alkyl halides is 1. The van der Waals surface area contributed by atoms with Gasteiger partial charge in [0.1, 0.15) is 41.0 Å². The lowest BCUT2D eigenvalue weighted by Crippen LogP contribution is -2.50. The molecule has 3 saturated heterocycles. The quantitative estimate of drug-likeness (QED) is 0.252. The monoisotopic (exact) mass is 744 g/mol. The molecule has 0 saturated carbocycles. The van der Waals surface area contributed by atoms with Crippen LogP contribution in [0.1, 0.15) is 24.8 Å². The van der Waals surface area contributed by atoms with Crippen LogP contribution in [0.2, 0.25) is 5.02 Å². The fourth-order valence-corrected chi connectivity index (χ4v) is 9.85. The summed E-state index contributed by atoms with van der Waals surface area (Å²) in [7, 11) is -4.01. The summed E-state index contributed by atoms with van der Waals surface area (Å²) in [5.41, 5.74) is 5.40. The minimum absolute atomic E-state index is 0.00343. The molecule has 0 aliphatic carbocycles. The fraction of sp³-hybridized carbons (Fsp3) is 0.387. The zero-order chi connectivity index (χ0) is 34.9. The normalized spacial score (nSPS) is 21.7. The molecular weight excluding hydrogens is 717 g/mol. The van der Waals surface area contributed by atoms with Gasteiger partial charge in [-0.25, -0.2) is 13.2 Å². The molecule has 19 heteroatoms. The Morgan fingerprint density at radius 1 is 1.14 bits per heavy atom. The topological polar surface area (TPSA) is 159 Å². The Kier molecular flexibility index (Phi) is 8.02. The van der Waals surface area contributed by atoms with E-state index in [-0.39, 0.29) is 92.3 Å². The molecule has 2 aromatic carbocycles. The number of nitrogens with zero attached hydrogens (tertiary/aromatic N) is 9. The van der Waals surface area contributed by atoms with Gasteiger partial charge in [-0.15, -0.1) is 21.5 Å². The van der Waals surface area contributed by atoms with Crippen molar-refractivity contribution in [2.45, 2.75) is 31.0 Å². The highest BCUT2D eigenvalue weighted by Gasteiger charge is 2.49. The molecule has 3 aliphatic heterocycles. The van der Waals surface area contributed by atoms with E-state index in [0.29, 0.717) is 17.2 Å². The second-order valence-electron chi connectivity index (χ2n) is 12.5. The van der Waals surface area contributed by atoms with E-state index in [2.05, 4.69) is 25.1 Å². The van der Waals surface area contributed by atoms with Crippen LogP contribution in [0.25, 0.3) is 32.1 Å². The number of nitrogen functional groups attached to an aromatic ring is 1. The van der Waals surface area contributed by atoms with Gasteiger partial charge in [0.2, 0.25) is 0 Å². The summed E-state index contributed by atoms with van der Waals surface area (Å²) in [5, 5.41) is 17.8. The van der Waals surface area contributed by atoms with Crippen LogP contribution in [0.5, 0.6) is 6.01 Å².